The summed E-state index contributed by atoms with van der Waals surface area (Å²) < 4.78 is 64.3. The van der Waals surface area contributed by atoms with Crippen molar-refractivity contribution in [1.82, 2.24) is 0 Å². The summed E-state index contributed by atoms with van der Waals surface area (Å²) in [5.74, 6) is -0.413. The van der Waals surface area contributed by atoms with Gasteiger partial charge in [0.05, 0.1) is 145 Å². The van der Waals surface area contributed by atoms with Crippen LogP contribution in [-0.4, -0.2) is 158 Å². The predicted octanol–water partition coefficient (Wildman–Crippen LogP) is 1.47. The first-order valence-corrected chi connectivity index (χ1v) is 14.5. The Bertz CT molecular complexity index is 592. The molecule has 13 heteroatoms. The van der Waals surface area contributed by atoms with Crippen LogP contribution in [0.2, 0.25) is 0 Å². The monoisotopic (exact) mass is 610 g/mol. The maximum absolute atomic E-state index is 11.2. The molecule has 0 rings (SSSR count). The summed E-state index contributed by atoms with van der Waals surface area (Å²) in [6.07, 6.45) is 1.71. The van der Waals surface area contributed by atoms with E-state index in [1.165, 1.54) is 0 Å². The number of carbonyl (C=O) groups excluding carboxylic acids is 1. The molecule has 0 bridgehead atoms. The van der Waals surface area contributed by atoms with Crippen LogP contribution < -0.4 is 0 Å². The van der Waals surface area contributed by atoms with E-state index >= 15 is 0 Å². The Hall–Kier alpha value is -1.49. The first-order valence-electron chi connectivity index (χ1n) is 14.5. The van der Waals surface area contributed by atoms with Gasteiger partial charge in [-0.15, -0.1) is 6.58 Å². The zero-order valence-corrected chi connectivity index (χ0v) is 25.6. The summed E-state index contributed by atoms with van der Waals surface area (Å²) in [5.41, 5.74) is 0.370. The van der Waals surface area contributed by atoms with Crippen LogP contribution in [0, 0.1) is 0 Å². The van der Waals surface area contributed by atoms with Crippen molar-refractivity contribution in [2.75, 3.05) is 152 Å². The summed E-state index contributed by atoms with van der Waals surface area (Å²) in [7, 11) is 0. The molecule has 0 aromatic heterocycles. The molecule has 0 N–H and O–H groups in total. The van der Waals surface area contributed by atoms with Crippen molar-refractivity contribution in [3.63, 3.8) is 0 Å². The summed E-state index contributed by atoms with van der Waals surface area (Å²) >= 11 is 0. The molecule has 42 heavy (non-hydrogen) atoms. The third kappa shape index (κ3) is 34.7. The Morgan fingerprint density at radius 2 is 0.643 bits per heavy atom. The fourth-order valence-electron chi connectivity index (χ4n) is 2.68. The minimum atomic E-state index is -0.413. The molecule has 0 aliphatic heterocycles. The van der Waals surface area contributed by atoms with Crippen molar-refractivity contribution in [2.24, 2.45) is 0 Å². The highest BCUT2D eigenvalue weighted by molar-refractivity contribution is 5.86. The van der Waals surface area contributed by atoms with Gasteiger partial charge in [0.25, 0.3) is 0 Å². The third-order valence-corrected chi connectivity index (χ3v) is 4.77. The van der Waals surface area contributed by atoms with E-state index in [-0.39, 0.29) is 6.61 Å². The van der Waals surface area contributed by atoms with E-state index in [9.17, 15) is 4.79 Å². The second kappa shape index (κ2) is 35.7. The van der Waals surface area contributed by atoms with Crippen molar-refractivity contribution in [1.29, 1.82) is 0 Å². The largest absolute Gasteiger partial charge is 0.460 e. The Labute approximate surface area is 251 Å². The molecular formula is C29H54O13. The number of ether oxygens (including phenoxy) is 12. The minimum Gasteiger partial charge on any atom is -0.460 e. The van der Waals surface area contributed by atoms with Gasteiger partial charge in [0, 0.05) is 5.57 Å². The SMILES string of the molecule is C=CCOCCOCCOCCOCCOCCOCCOCCOCCOCCOCCOCCOC(=O)C(=C)C. The second-order valence-corrected chi connectivity index (χ2v) is 8.40. The highest BCUT2D eigenvalue weighted by atomic mass is 16.6. The lowest BCUT2D eigenvalue weighted by Crippen LogP contribution is -2.15. The Morgan fingerprint density at radius 3 is 0.857 bits per heavy atom. The molecule has 0 aromatic carbocycles. The molecule has 0 amide bonds. The van der Waals surface area contributed by atoms with E-state index in [1.807, 2.05) is 0 Å². The fraction of sp³-hybridized carbons (Fsp3) is 0.828. The molecule has 0 atom stereocenters. The Balaban J connectivity index is 3.06. The van der Waals surface area contributed by atoms with Gasteiger partial charge in [-0.25, -0.2) is 4.79 Å². The van der Waals surface area contributed by atoms with Crippen molar-refractivity contribution >= 4 is 5.97 Å². The van der Waals surface area contributed by atoms with Crippen LogP contribution in [0.3, 0.4) is 0 Å². The van der Waals surface area contributed by atoms with Gasteiger partial charge in [-0.3, -0.25) is 0 Å². The first kappa shape index (κ1) is 40.5. The first-order chi connectivity index (χ1) is 20.7. The van der Waals surface area contributed by atoms with E-state index in [0.717, 1.165) is 0 Å². The zero-order valence-electron chi connectivity index (χ0n) is 25.6. The molecular weight excluding hydrogens is 556 g/mol. The van der Waals surface area contributed by atoms with Gasteiger partial charge in [0.15, 0.2) is 0 Å². The van der Waals surface area contributed by atoms with Gasteiger partial charge in [-0.1, -0.05) is 12.7 Å². The van der Waals surface area contributed by atoms with Crippen LogP contribution in [0.1, 0.15) is 6.92 Å². The van der Waals surface area contributed by atoms with Gasteiger partial charge in [-0.05, 0) is 6.92 Å². The normalized spacial score (nSPS) is 11.2. The summed E-state index contributed by atoms with van der Waals surface area (Å²) in [4.78, 5) is 11.2. The van der Waals surface area contributed by atoms with Crippen molar-refractivity contribution in [3.05, 3.63) is 24.8 Å². The van der Waals surface area contributed by atoms with E-state index in [0.29, 0.717) is 151 Å². The number of carbonyl (C=O) groups is 1. The second-order valence-electron chi connectivity index (χ2n) is 8.40. The van der Waals surface area contributed by atoms with E-state index in [2.05, 4.69) is 13.2 Å². The van der Waals surface area contributed by atoms with E-state index in [1.54, 1.807) is 13.0 Å². The van der Waals surface area contributed by atoms with Gasteiger partial charge < -0.3 is 56.8 Å². The molecule has 0 fully saturated rings. The number of hydrogen-bond acceptors (Lipinski definition) is 13. The molecule has 0 saturated carbocycles. The third-order valence-electron chi connectivity index (χ3n) is 4.77. The smallest absolute Gasteiger partial charge is 0.333 e. The lowest BCUT2D eigenvalue weighted by Gasteiger charge is -2.09. The van der Waals surface area contributed by atoms with Crippen LogP contribution in [0.15, 0.2) is 24.8 Å². The van der Waals surface area contributed by atoms with Crippen molar-refractivity contribution < 1.29 is 61.6 Å². The molecule has 0 aromatic rings. The maximum Gasteiger partial charge on any atom is 0.333 e. The van der Waals surface area contributed by atoms with Crippen LogP contribution in [0.4, 0.5) is 0 Å². The summed E-state index contributed by atoms with van der Waals surface area (Å²) in [6.45, 7) is 19.7. The molecule has 0 radical (unpaired) electrons. The van der Waals surface area contributed by atoms with Gasteiger partial charge in [-0.2, -0.15) is 0 Å². The average Bonchev–Trinajstić information content (AvgIpc) is 2.99. The lowest BCUT2D eigenvalue weighted by atomic mass is 10.4. The van der Waals surface area contributed by atoms with Crippen LogP contribution in [0.5, 0.6) is 0 Å². The Morgan fingerprint density at radius 1 is 0.429 bits per heavy atom. The molecule has 0 aliphatic carbocycles. The average molecular weight is 611 g/mol. The minimum absolute atomic E-state index is 0.200. The lowest BCUT2D eigenvalue weighted by molar-refractivity contribution is -0.140. The fourth-order valence-corrected chi connectivity index (χ4v) is 2.68. The number of rotatable bonds is 36. The van der Waals surface area contributed by atoms with Crippen LogP contribution >= 0.6 is 0 Å². The number of esters is 1. The molecule has 0 heterocycles. The van der Waals surface area contributed by atoms with E-state index < -0.39 is 5.97 Å². The number of hydrogen-bond donors (Lipinski definition) is 0. The molecule has 0 aliphatic rings. The maximum atomic E-state index is 11.2. The molecule has 248 valence electrons. The Kier molecular flexibility index (Phi) is 34.4. The summed E-state index contributed by atoms with van der Waals surface area (Å²) in [6, 6.07) is 0. The van der Waals surface area contributed by atoms with Gasteiger partial charge in [0.1, 0.15) is 6.61 Å². The van der Waals surface area contributed by atoms with E-state index in [4.69, 9.17) is 56.8 Å². The molecule has 0 saturated heterocycles. The standard InChI is InChI=1S/C29H54O13/c1-4-5-31-6-7-32-8-9-33-10-11-34-12-13-35-14-15-36-16-17-37-18-19-38-20-21-39-22-23-40-24-25-41-26-27-42-29(30)28(2)3/h4H,1-2,5-27H2,3H3. The highest BCUT2D eigenvalue weighted by Crippen LogP contribution is 1.92. The van der Waals surface area contributed by atoms with Gasteiger partial charge in [0.2, 0.25) is 0 Å². The van der Waals surface area contributed by atoms with Crippen molar-refractivity contribution in [3.8, 4) is 0 Å². The van der Waals surface area contributed by atoms with Crippen molar-refractivity contribution in [2.45, 2.75) is 6.92 Å². The molecule has 0 spiro atoms. The van der Waals surface area contributed by atoms with Crippen LogP contribution in [0.25, 0.3) is 0 Å². The summed E-state index contributed by atoms with van der Waals surface area (Å²) in [5, 5.41) is 0. The molecule has 0 unspecified atom stereocenters. The van der Waals surface area contributed by atoms with Crippen LogP contribution in [-0.2, 0) is 61.6 Å². The quantitative estimate of drug-likeness (QED) is 0.0440. The topological polar surface area (TPSA) is 128 Å². The highest BCUT2D eigenvalue weighted by Gasteiger charge is 2.02. The zero-order chi connectivity index (χ0) is 30.6. The predicted molar refractivity (Wildman–Crippen MR) is 155 cm³/mol. The van der Waals surface area contributed by atoms with Gasteiger partial charge >= 0.3 is 5.97 Å². The molecule has 13 nitrogen and oxygen atoms in total.